The molecule has 0 bridgehead atoms. The standard InChI is InChI=1S/C9H16N2O/c1-7-8(12)9(4-5-9)6-10(2)11(7)3/h7H,4-6H2,1-3H3/t7-/m1/s1. The van der Waals surface area contributed by atoms with Crippen LogP contribution in [0.15, 0.2) is 0 Å². The number of likely N-dealkylation sites (N-methyl/N-ethyl adjacent to an activating group) is 1. The Morgan fingerprint density at radius 3 is 2.50 bits per heavy atom. The van der Waals surface area contributed by atoms with Crippen molar-refractivity contribution in [2.45, 2.75) is 25.8 Å². The van der Waals surface area contributed by atoms with Gasteiger partial charge in [0.1, 0.15) is 0 Å². The van der Waals surface area contributed by atoms with Crippen LogP contribution >= 0.6 is 0 Å². The van der Waals surface area contributed by atoms with Crippen LogP contribution in [-0.4, -0.2) is 42.5 Å². The van der Waals surface area contributed by atoms with E-state index in [4.69, 9.17) is 0 Å². The van der Waals surface area contributed by atoms with Crippen molar-refractivity contribution in [2.24, 2.45) is 5.41 Å². The largest absolute Gasteiger partial charge is 0.297 e. The Bertz CT molecular complexity index is 223. The second kappa shape index (κ2) is 2.30. The van der Waals surface area contributed by atoms with E-state index in [2.05, 4.69) is 12.1 Å². The van der Waals surface area contributed by atoms with Gasteiger partial charge in [-0.25, -0.2) is 10.0 Å². The predicted molar refractivity (Wildman–Crippen MR) is 46.5 cm³/mol. The van der Waals surface area contributed by atoms with Gasteiger partial charge in [-0.05, 0) is 19.8 Å². The molecule has 0 N–H and O–H groups in total. The topological polar surface area (TPSA) is 23.6 Å². The van der Waals surface area contributed by atoms with Gasteiger partial charge in [0.25, 0.3) is 0 Å². The van der Waals surface area contributed by atoms with Crippen LogP contribution in [0.25, 0.3) is 0 Å². The fourth-order valence-electron chi connectivity index (χ4n) is 2.09. The number of nitrogens with zero attached hydrogens (tertiary/aromatic N) is 2. The molecule has 1 saturated carbocycles. The minimum Gasteiger partial charge on any atom is -0.297 e. The Hall–Kier alpha value is -0.410. The van der Waals surface area contributed by atoms with Crippen LogP contribution in [0, 0.1) is 5.41 Å². The zero-order valence-electron chi connectivity index (χ0n) is 8.00. The summed E-state index contributed by atoms with van der Waals surface area (Å²) in [5, 5.41) is 4.20. The molecule has 2 aliphatic rings. The lowest BCUT2D eigenvalue weighted by Gasteiger charge is -2.41. The van der Waals surface area contributed by atoms with E-state index in [-0.39, 0.29) is 11.5 Å². The van der Waals surface area contributed by atoms with E-state index in [9.17, 15) is 4.79 Å². The van der Waals surface area contributed by atoms with Gasteiger partial charge in [0.15, 0.2) is 5.78 Å². The highest BCUT2D eigenvalue weighted by Crippen LogP contribution is 2.50. The van der Waals surface area contributed by atoms with Crippen LogP contribution < -0.4 is 0 Å². The highest BCUT2D eigenvalue weighted by atomic mass is 16.1. The SMILES string of the molecule is C[C@@H]1C(=O)C2(CC2)CN(C)N1C. The Morgan fingerprint density at radius 1 is 1.42 bits per heavy atom. The molecule has 1 heterocycles. The van der Waals surface area contributed by atoms with Gasteiger partial charge in [0.2, 0.25) is 0 Å². The monoisotopic (exact) mass is 168 g/mol. The first kappa shape index (κ1) is 8.20. The summed E-state index contributed by atoms with van der Waals surface area (Å²) >= 11 is 0. The smallest absolute Gasteiger partial charge is 0.158 e. The molecule has 3 nitrogen and oxygen atoms in total. The quantitative estimate of drug-likeness (QED) is 0.527. The maximum absolute atomic E-state index is 11.8. The molecule has 68 valence electrons. The molecule has 0 aromatic heterocycles. The van der Waals surface area contributed by atoms with Crippen LogP contribution in [0.1, 0.15) is 19.8 Å². The first-order valence-electron chi connectivity index (χ1n) is 4.55. The fourth-order valence-corrected chi connectivity index (χ4v) is 2.09. The molecule has 2 rings (SSSR count). The number of carbonyl (C=O) groups is 1. The average Bonchev–Trinajstić information content (AvgIpc) is 2.79. The molecule has 1 saturated heterocycles. The van der Waals surface area contributed by atoms with Crippen molar-refractivity contribution in [1.82, 2.24) is 10.0 Å². The van der Waals surface area contributed by atoms with Gasteiger partial charge >= 0.3 is 0 Å². The Morgan fingerprint density at radius 2 is 2.00 bits per heavy atom. The molecule has 0 radical (unpaired) electrons. The van der Waals surface area contributed by atoms with Crippen LogP contribution in [0.5, 0.6) is 0 Å². The number of hydrogen-bond donors (Lipinski definition) is 0. The van der Waals surface area contributed by atoms with Crippen molar-refractivity contribution >= 4 is 5.78 Å². The number of hydrazine groups is 1. The molecule has 0 unspecified atom stereocenters. The lowest BCUT2D eigenvalue weighted by Crippen LogP contribution is -2.57. The van der Waals surface area contributed by atoms with Gasteiger partial charge in [0, 0.05) is 26.1 Å². The zero-order valence-corrected chi connectivity index (χ0v) is 8.00. The lowest BCUT2D eigenvalue weighted by atomic mass is 9.93. The summed E-state index contributed by atoms with van der Waals surface area (Å²) in [7, 11) is 4.04. The fraction of sp³-hybridized carbons (Fsp3) is 0.889. The van der Waals surface area contributed by atoms with E-state index in [1.807, 2.05) is 19.0 Å². The molecule has 0 aromatic rings. The number of ketones is 1. The second-order valence-corrected chi connectivity index (χ2v) is 4.21. The summed E-state index contributed by atoms with van der Waals surface area (Å²) < 4.78 is 0. The normalized spacial score (nSPS) is 35.9. The minimum absolute atomic E-state index is 0.0562. The van der Waals surface area contributed by atoms with Gasteiger partial charge in [-0.1, -0.05) is 0 Å². The van der Waals surface area contributed by atoms with Gasteiger partial charge in [-0.2, -0.15) is 0 Å². The summed E-state index contributed by atoms with van der Waals surface area (Å²) in [4.78, 5) is 11.8. The Labute approximate surface area is 73.3 Å². The van der Waals surface area contributed by atoms with E-state index in [1.165, 1.54) is 0 Å². The average molecular weight is 168 g/mol. The number of hydrogen-bond acceptors (Lipinski definition) is 3. The van der Waals surface area contributed by atoms with Crippen LogP contribution in [0.4, 0.5) is 0 Å². The van der Waals surface area contributed by atoms with Crippen molar-refractivity contribution in [3.63, 3.8) is 0 Å². The Kier molecular flexibility index (Phi) is 1.57. The number of Topliss-reactive ketones (excluding diaryl/α,β-unsaturated/α-hetero) is 1. The molecule has 1 spiro atoms. The lowest BCUT2D eigenvalue weighted by molar-refractivity contribution is -0.148. The van der Waals surface area contributed by atoms with Gasteiger partial charge in [-0.15, -0.1) is 0 Å². The van der Waals surface area contributed by atoms with Crippen molar-refractivity contribution in [1.29, 1.82) is 0 Å². The van der Waals surface area contributed by atoms with Crippen LogP contribution in [-0.2, 0) is 4.79 Å². The first-order valence-corrected chi connectivity index (χ1v) is 4.55. The van der Waals surface area contributed by atoms with Gasteiger partial charge in [0.05, 0.1) is 6.04 Å². The predicted octanol–water partition coefficient (Wildman–Crippen LogP) is 0.516. The number of rotatable bonds is 0. The van der Waals surface area contributed by atoms with E-state index in [0.717, 1.165) is 19.4 Å². The molecular weight excluding hydrogens is 152 g/mol. The maximum atomic E-state index is 11.8. The summed E-state index contributed by atoms with van der Waals surface area (Å²) in [6, 6.07) is 0.0752. The van der Waals surface area contributed by atoms with E-state index in [0.29, 0.717) is 5.78 Å². The van der Waals surface area contributed by atoms with Gasteiger partial charge in [-0.3, -0.25) is 4.79 Å². The third-order valence-corrected chi connectivity index (χ3v) is 3.39. The molecule has 0 aromatic carbocycles. The molecule has 12 heavy (non-hydrogen) atoms. The van der Waals surface area contributed by atoms with E-state index >= 15 is 0 Å². The molecule has 2 fully saturated rings. The molecule has 3 heteroatoms. The maximum Gasteiger partial charge on any atom is 0.158 e. The highest BCUT2D eigenvalue weighted by molar-refractivity contribution is 5.92. The third kappa shape index (κ3) is 0.930. The minimum atomic E-state index is 0.0562. The van der Waals surface area contributed by atoms with Crippen molar-refractivity contribution in [2.75, 3.05) is 20.6 Å². The zero-order chi connectivity index (χ0) is 8.93. The van der Waals surface area contributed by atoms with Crippen LogP contribution in [0.2, 0.25) is 0 Å². The van der Waals surface area contributed by atoms with Gasteiger partial charge < -0.3 is 0 Å². The third-order valence-electron chi connectivity index (χ3n) is 3.39. The molecule has 1 aliphatic heterocycles. The first-order chi connectivity index (χ1) is 5.57. The summed E-state index contributed by atoms with van der Waals surface area (Å²) in [6.07, 6.45) is 2.21. The summed E-state index contributed by atoms with van der Waals surface area (Å²) in [6.45, 7) is 2.92. The van der Waals surface area contributed by atoms with Crippen molar-refractivity contribution < 1.29 is 4.79 Å². The highest BCUT2D eigenvalue weighted by Gasteiger charge is 2.55. The summed E-state index contributed by atoms with van der Waals surface area (Å²) in [5.41, 5.74) is 0.0562. The molecular formula is C9H16N2O. The second-order valence-electron chi connectivity index (χ2n) is 4.21. The molecule has 1 atom stereocenters. The summed E-state index contributed by atoms with van der Waals surface area (Å²) in [5.74, 6) is 0.447. The van der Waals surface area contributed by atoms with Crippen LogP contribution in [0.3, 0.4) is 0 Å². The van der Waals surface area contributed by atoms with Crippen molar-refractivity contribution in [3.05, 3.63) is 0 Å². The number of carbonyl (C=O) groups excluding carboxylic acids is 1. The van der Waals surface area contributed by atoms with E-state index in [1.54, 1.807) is 0 Å². The van der Waals surface area contributed by atoms with E-state index < -0.39 is 0 Å². The Balaban J connectivity index is 2.20. The molecule has 0 amide bonds. The molecule has 1 aliphatic carbocycles. The van der Waals surface area contributed by atoms with Crippen molar-refractivity contribution in [3.8, 4) is 0 Å².